The molecule has 1 aromatic carbocycles. The largest absolute Gasteiger partial charge is 0.509 e. The number of carboxylic acid groups (broad SMARTS) is 1. The van der Waals surface area contributed by atoms with Gasteiger partial charge >= 0.3 is 30.0 Å². The van der Waals surface area contributed by atoms with Crippen LogP contribution < -0.4 is 5.32 Å². The molecular weight excluding hydrogens is 660 g/mol. The van der Waals surface area contributed by atoms with Gasteiger partial charge in [-0.25, -0.2) is 14.4 Å². The quantitative estimate of drug-likeness (QED) is 0.0782. The Balaban J connectivity index is 2.46. The molecule has 0 saturated carbocycles. The van der Waals surface area contributed by atoms with Crippen LogP contribution in [0, 0.1) is 10.1 Å². The third-order valence-corrected chi connectivity index (χ3v) is 7.37. The van der Waals surface area contributed by atoms with Gasteiger partial charge in [0.1, 0.15) is 17.2 Å². The number of hydrogen-bond donors (Lipinski definition) is 2. The minimum atomic E-state index is -1.51. The van der Waals surface area contributed by atoms with E-state index in [-0.39, 0.29) is 44.8 Å². The van der Waals surface area contributed by atoms with E-state index in [2.05, 4.69) is 5.32 Å². The maximum atomic E-state index is 13.3. The van der Waals surface area contributed by atoms with E-state index in [0.717, 1.165) is 0 Å². The fraction of sp³-hybridized carbons (Fsp3) is 0.667. The van der Waals surface area contributed by atoms with Crippen LogP contribution in [0.2, 0.25) is 0 Å². The summed E-state index contributed by atoms with van der Waals surface area (Å²) in [5.41, 5.74) is -1.39. The van der Waals surface area contributed by atoms with Crippen LogP contribution in [-0.4, -0.2) is 125 Å². The molecule has 280 valence electrons. The Morgan fingerprint density at radius 2 is 1.58 bits per heavy atom. The summed E-state index contributed by atoms with van der Waals surface area (Å²) in [4.78, 5) is 77.5. The molecule has 3 atom stereocenters. The molecule has 1 fully saturated rings. The average Bonchev–Trinajstić information content (AvgIpc) is 3.34. The van der Waals surface area contributed by atoms with Crippen LogP contribution in [0.15, 0.2) is 24.3 Å². The van der Waals surface area contributed by atoms with Crippen molar-refractivity contribution < 1.29 is 57.7 Å². The number of rotatable bonds is 17. The third-order valence-electron chi connectivity index (χ3n) is 7.37. The number of benzene rings is 1. The van der Waals surface area contributed by atoms with Gasteiger partial charge in [0.15, 0.2) is 6.23 Å². The van der Waals surface area contributed by atoms with Gasteiger partial charge in [0.25, 0.3) is 5.69 Å². The Bertz CT molecular complexity index is 1310. The van der Waals surface area contributed by atoms with Crippen molar-refractivity contribution in [2.45, 2.75) is 103 Å². The highest BCUT2D eigenvalue weighted by Crippen LogP contribution is 2.27. The van der Waals surface area contributed by atoms with Crippen LogP contribution in [0.5, 0.6) is 0 Å². The van der Waals surface area contributed by atoms with Crippen LogP contribution in [0.4, 0.5) is 10.5 Å². The number of esters is 3. The molecule has 17 nitrogen and oxygen atoms in total. The van der Waals surface area contributed by atoms with Gasteiger partial charge in [-0.15, -0.1) is 0 Å². The van der Waals surface area contributed by atoms with Crippen LogP contribution in [0.3, 0.4) is 0 Å². The molecule has 0 unspecified atom stereocenters. The molecule has 0 amide bonds. The van der Waals surface area contributed by atoms with Gasteiger partial charge in [0.2, 0.25) is 6.04 Å². The molecule has 1 heterocycles. The second kappa shape index (κ2) is 18.6. The molecule has 2 rings (SSSR count). The summed E-state index contributed by atoms with van der Waals surface area (Å²) < 4.78 is 26.4. The van der Waals surface area contributed by atoms with Crippen LogP contribution >= 0.6 is 0 Å². The number of carbonyl (C=O) groups excluding carboxylic acids is 4. The summed E-state index contributed by atoms with van der Waals surface area (Å²) >= 11 is 0. The normalized spacial score (nSPS) is 17.2. The first-order valence-electron chi connectivity index (χ1n) is 16.3. The van der Waals surface area contributed by atoms with Gasteiger partial charge in [0.05, 0.1) is 25.2 Å². The second-order valence-corrected chi connectivity index (χ2v) is 13.7. The molecule has 0 radical (unpaired) electrons. The Morgan fingerprint density at radius 3 is 2.06 bits per heavy atom. The van der Waals surface area contributed by atoms with Crippen molar-refractivity contribution in [3.63, 3.8) is 0 Å². The Morgan fingerprint density at radius 1 is 1.00 bits per heavy atom. The number of likely N-dealkylation sites (tertiary alicyclic amines) is 1. The lowest BCUT2D eigenvalue weighted by molar-refractivity contribution is -0.384. The molecule has 1 aliphatic rings. The first-order valence-corrected chi connectivity index (χ1v) is 16.3. The van der Waals surface area contributed by atoms with E-state index in [4.69, 9.17) is 23.7 Å². The van der Waals surface area contributed by atoms with Crippen molar-refractivity contribution in [1.29, 1.82) is 0 Å². The van der Waals surface area contributed by atoms with Gasteiger partial charge in [-0.3, -0.25) is 34.8 Å². The van der Waals surface area contributed by atoms with Crippen LogP contribution in [0.25, 0.3) is 0 Å². The number of methoxy groups -OCH3 is 1. The Hall–Kier alpha value is -4.35. The number of nitrogens with zero attached hydrogens (tertiary/aromatic N) is 3. The number of non-ortho nitro benzene ring substituents is 1. The average molecular weight is 711 g/mol. The van der Waals surface area contributed by atoms with Gasteiger partial charge in [0, 0.05) is 44.2 Å². The van der Waals surface area contributed by atoms with Crippen LogP contribution in [0.1, 0.15) is 66.9 Å². The predicted molar refractivity (Wildman–Crippen MR) is 177 cm³/mol. The summed E-state index contributed by atoms with van der Waals surface area (Å²) in [6.45, 7) is 11.1. The SMILES string of the molecule is CCOC(=O)O[C@@H]1CC[C@@H](CN(CCNC(C(=O)OC(C)(C)C)C(=O)OC(C)(C)C)[C@H](Cc2ccc([N+](=O)[O-])cc2)C(=O)OC)N1CC(=O)O. The topological polar surface area (TPSA) is 213 Å². The molecule has 0 aromatic heterocycles. The molecule has 1 aromatic rings. The smallest absolute Gasteiger partial charge is 0.480 e. The van der Waals surface area contributed by atoms with Crippen molar-refractivity contribution in [2.24, 2.45) is 0 Å². The fourth-order valence-electron chi connectivity index (χ4n) is 5.33. The van der Waals surface area contributed by atoms with Crippen molar-refractivity contribution >= 4 is 35.7 Å². The van der Waals surface area contributed by atoms with Crippen molar-refractivity contribution in [3.8, 4) is 0 Å². The highest BCUT2D eigenvalue weighted by molar-refractivity contribution is 5.99. The molecule has 2 N–H and O–H groups in total. The zero-order chi connectivity index (χ0) is 37.8. The number of nitro groups is 1. The van der Waals surface area contributed by atoms with E-state index < -0.39 is 77.1 Å². The molecule has 0 bridgehead atoms. The van der Waals surface area contributed by atoms with E-state index in [0.29, 0.717) is 12.0 Å². The summed E-state index contributed by atoms with van der Waals surface area (Å²) in [6, 6.07) is 2.60. The Kier molecular flexibility index (Phi) is 15.5. The fourth-order valence-corrected chi connectivity index (χ4v) is 5.33. The van der Waals surface area contributed by atoms with Gasteiger partial charge in [-0.1, -0.05) is 12.1 Å². The van der Waals surface area contributed by atoms with E-state index in [1.807, 2.05) is 0 Å². The minimum Gasteiger partial charge on any atom is -0.480 e. The molecular formula is C33H50N4O13. The lowest BCUT2D eigenvalue weighted by Gasteiger charge is -2.36. The minimum absolute atomic E-state index is 0.0235. The standard InChI is InChI=1S/C33H50N4O13/c1-9-47-31(43)48-25-15-14-23(36(25)20-26(38)39)19-35(24(28(40)46-8)18-21-10-12-22(13-11-21)37(44)45)17-16-34-27(29(41)49-32(2,3)4)30(42)50-33(5,6)7/h10-13,23-25,27,34H,9,14-20H2,1-8H3,(H,38,39)/t23-,24+,25+/m0/s1. The number of ether oxygens (including phenoxy) is 5. The van der Waals surface area contributed by atoms with E-state index in [1.54, 1.807) is 53.4 Å². The molecule has 1 saturated heterocycles. The number of aliphatic carboxylic acids is 1. The number of nitro benzene ring substituents is 1. The molecule has 1 aliphatic heterocycles. The molecule has 0 spiro atoms. The lowest BCUT2D eigenvalue weighted by atomic mass is 10.0. The number of hydrogen-bond acceptors (Lipinski definition) is 15. The number of nitrogens with one attached hydrogen (secondary N) is 1. The van der Waals surface area contributed by atoms with E-state index in [1.165, 1.54) is 36.3 Å². The summed E-state index contributed by atoms with van der Waals surface area (Å²) in [7, 11) is 1.21. The number of carbonyl (C=O) groups is 5. The van der Waals surface area contributed by atoms with Crippen molar-refractivity contribution in [1.82, 2.24) is 15.1 Å². The van der Waals surface area contributed by atoms with Crippen molar-refractivity contribution in [3.05, 3.63) is 39.9 Å². The maximum Gasteiger partial charge on any atom is 0.509 e. The predicted octanol–water partition coefficient (Wildman–Crippen LogP) is 2.67. The monoisotopic (exact) mass is 710 g/mol. The maximum absolute atomic E-state index is 13.3. The highest BCUT2D eigenvalue weighted by atomic mass is 16.7. The lowest BCUT2D eigenvalue weighted by Crippen LogP contribution is -2.55. The van der Waals surface area contributed by atoms with Gasteiger partial charge < -0.3 is 28.8 Å². The Labute approximate surface area is 291 Å². The number of carboxylic acids is 1. The van der Waals surface area contributed by atoms with E-state index in [9.17, 15) is 39.2 Å². The molecule has 17 heteroatoms. The molecule has 50 heavy (non-hydrogen) atoms. The summed E-state index contributed by atoms with van der Waals surface area (Å²) in [6.07, 6.45) is -1.15. The van der Waals surface area contributed by atoms with Gasteiger partial charge in [-0.2, -0.15) is 0 Å². The summed E-state index contributed by atoms with van der Waals surface area (Å²) in [5.74, 6) is -3.55. The second-order valence-electron chi connectivity index (χ2n) is 13.7. The highest BCUT2D eigenvalue weighted by Gasteiger charge is 2.41. The zero-order valence-electron chi connectivity index (χ0n) is 30.0. The van der Waals surface area contributed by atoms with Crippen LogP contribution in [-0.2, 0) is 49.3 Å². The van der Waals surface area contributed by atoms with E-state index >= 15 is 0 Å². The third kappa shape index (κ3) is 13.9. The zero-order valence-corrected chi connectivity index (χ0v) is 30.0. The van der Waals surface area contributed by atoms with Crippen molar-refractivity contribution in [2.75, 3.05) is 39.9 Å². The summed E-state index contributed by atoms with van der Waals surface area (Å²) in [5, 5.41) is 23.8. The van der Waals surface area contributed by atoms with Gasteiger partial charge in [-0.05, 0) is 66.9 Å². The first-order chi connectivity index (χ1) is 23.2. The molecule has 0 aliphatic carbocycles. The first kappa shape index (κ1) is 41.8.